The SMILES string of the molecule is C[As](c1ccco1)c1ncnc2c1ncn2C(c1ccccc1)(c1ccccc1)c1ccccc1. The van der Waals surface area contributed by atoms with E-state index in [1.807, 2.05) is 36.7 Å². The molecule has 3 aromatic heterocycles. The van der Waals surface area contributed by atoms with Gasteiger partial charge in [-0.15, -0.1) is 0 Å². The molecule has 0 radical (unpaired) electrons. The van der Waals surface area contributed by atoms with E-state index in [4.69, 9.17) is 19.4 Å². The Hall–Kier alpha value is -3.95. The second-order valence-electron chi connectivity index (χ2n) is 8.30. The van der Waals surface area contributed by atoms with Crippen LogP contribution in [0.25, 0.3) is 11.2 Å². The Labute approximate surface area is 208 Å². The first-order valence-corrected chi connectivity index (χ1v) is 15.2. The number of aromatic nitrogens is 4. The molecule has 0 bridgehead atoms. The summed E-state index contributed by atoms with van der Waals surface area (Å²) >= 11 is -1.76. The average Bonchev–Trinajstić information content (AvgIpc) is 3.62. The number of furan rings is 1. The molecule has 170 valence electrons. The molecule has 6 heteroatoms. The fourth-order valence-corrected chi connectivity index (χ4v) is 7.85. The normalized spacial score (nSPS) is 12.6. The fourth-order valence-electron chi connectivity index (χ4n) is 4.83. The van der Waals surface area contributed by atoms with Crippen molar-refractivity contribution in [3.63, 3.8) is 0 Å². The first-order valence-electron chi connectivity index (χ1n) is 11.4. The van der Waals surface area contributed by atoms with Gasteiger partial charge < -0.3 is 0 Å². The van der Waals surface area contributed by atoms with E-state index in [9.17, 15) is 0 Å². The Bertz CT molecular complexity index is 1450. The third kappa shape index (κ3) is 3.51. The van der Waals surface area contributed by atoms with E-state index >= 15 is 0 Å². The molecule has 0 saturated carbocycles. The quantitative estimate of drug-likeness (QED) is 0.241. The number of fused-ring (bicyclic) bond motifs is 1. The summed E-state index contributed by atoms with van der Waals surface area (Å²) in [7, 11) is 0. The van der Waals surface area contributed by atoms with Crippen molar-refractivity contribution in [3.05, 3.63) is 139 Å². The monoisotopic (exact) mass is 518 g/mol. The minimum absolute atomic E-state index is 0.666. The molecule has 6 rings (SSSR count). The van der Waals surface area contributed by atoms with Gasteiger partial charge in [-0.05, 0) is 0 Å². The van der Waals surface area contributed by atoms with Gasteiger partial charge in [0, 0.05) is 0 Å². The van der Waals surface area contributed by atoms with Crippen molar-refractivity contribution in [2.75, 3.05) is 0 Å². The van der Waals surface area contributed by atoms with Gasteiger partial charge >= 0.3 is 209 Å². The summed E-state index contributed by atoms with van der Waals surface area (Å²) in [4.78, 5) is 14.4. The van der Waals surface area contributed by atoms with Gasteiger partial charge in [-0.25, -0.2) is 0 Å². The molecular weight excluding hydrogens is 495 g/mol. The van der Waals surface area contributed by atoms with Crippen LogP contribution in [0, 0.1) is 0 Å². The fraction of sp³-hybridized carbons (Fsp3) is 0.0690. The molecule has 5 nitrogen and oxygen atoms in total. The number of hydrogen-bond acceptors (Lipinski definition) is 4. The molecule has 0 saturated heterocycles. The molecule has 0 aliphatic heterocycles. The molecule has 6 aromatic rings. The van der Waals surface area contributed by atoms with E-state index in [1.165, 1.54) is 0 Å². The summed E-state index contributed by atoms with van der Waals surface area (Å²) in [6, 6.07) is 35.7. The van der Waals surface area contributed by atoms with Crippen LogP contribution >= 0.6 is 0 Å². The van der Waals surface area contributed by atoms with Crippen molar-refractivity contribution in [2.45, 2.75) is 11.3 Å². The van der Waals surface area contributed by atoms with Crippen molar-refractivity contribution < 1.29 is 4.42 Å². The van der Waals surface area contributed by atoms with Crippen LogP contribution in [0.5, 0.6) is 0 Å². The van der Waals surface area contributed by atoms with Gasteiger partial charge in [0.05, 0.1) is 0 Å². The Morgan fingerprint density at radius 3 is 1.77 bits per heavy atom. The second kappa shape index (κ2) is 9.01. The van der Waals surface area contributed by atoms with E-state index in [-0.39, 0.29) is 0 Å². The predicted molar refractivity (Wildman–Crippen MR) is 140 cm³/mol. The Morgan fingerprint density at radius 2 is 1.26 bits per heavy atom. The van der Waals surface area contributed by atoms with Crippen LogP contribution < -0.4 is 9.03 Å². The summed E-state index contributed by atoms with van der Waals surface area (Å²) < 4.78 is 9.94. The van der Waals surface area contributed by atoms with Crippen molar-refractivity contribution in [3.8, 4) is 0 Å². The van der Waals surface area contributed by atoms with Gasteiger partial charge in [0.25, 0.3) is 0 Å². The zero-order valence-corrected chi connectivity index (χ0v) is 21.1. The molecular formula is C29H23AsN4O. The molecule has 0 fully saturated rings. The molecule has 0 aliphatic rings. The van der Waals surface area contributed by atoms with Gasteiger partial charge in [-0.1, -0.05) is 0 Å². The van der Waals surface area contributed by atoms with Crippen LogP contribution in [0.3, 0.4) is 0 Å². The maximum atomic E-state index is 5.75. The molecule has 3 aromatic carbocycles. The maximum absolute atomic E-state index is 5.75. The molecule has 3 heterocycles. The number of benzene rings is 3. The van der Waals surface area contributed by atoms with Crippen molar-refractivity contribution in [2.24, 2.45) is 0 Å². The first kappa shape index (κ1) is 21.6. The zero-order valence-electron chi connectivity index (χ0n) is 19.2. The third-order valence-corrected chi connectivity index (χ3v) is 10.3. The van der Waals surface area contributed by atoms with E-state index in [0.29, 0.717) is 0 Å². The Balaban J connectivity index is 1.69. The van der Waals surface area contributed by atoms with Gasteiger partial charge in [0.1, 0.15) is 0 Å². The van der Waals surface area contributed by atoms with E-state index < -0.39 is 20.2 Å². The number of imidazole rings is 1. The van der Waals surface area contributed by atoms with Crippen LogP contribution in [0.15, 0.2) is 126 Å². The molecule has 0 N–H and O–H groups in total. The standard InChI is InChI=1S/C29H23AsN4O/c1-30(25-18-11-19-35-25)27-26-28(32-20-31-27)34(21-33-26)29(22-12-5-2-6-13-22,23-14-7-3-8-15-23)24-16-9-4-10-17-24/h2-21H,1H3. The van der Waals surface area contributed by atoms with E-state index in [2.05, 4.69) is 83.1 Å². The van der Waals surface area contributed by atoms with Crippen molar-refractivity contribution >= 4 is 34.8 Å². The molecule has 1 unspecified atom stereocenters. The molecule has 0 aliphatic carbocycles. The van der Waals surface area contributed by atoms with Crippen LogP contribution in [0.2, 0.25) is 5.71 Å². The minimum atomic E-state index is -1.76. The van der Waals surface area contributed by atoms with Gasteiger partial charge in [-0.3, -0.25) is 0 Å². The molecule has 0 amide bonds. The molecule has 35 heavy (non-hydrogen) atoms. The second-order valence-corrected chi connectivity index (χ2v) is 12.5. The zero-order chi connectivity index (χ0) is 23.7. The van der Waals surface area contributed by atoms with Crippen LogP contribution in [-0.2, 0) is 5.54 Å². The molecule has 1 atom stereocenters. The van der Waals surface area contributed by atoms with Crippen LogP contribution in [0.4, 0.5) is 0 Å². The number of rotatable bonds is 6. The van der Waals surface area contributed by atoms with Gasteiger partial charge in [0.15, 0.2) is 0 Å². The van der Waals surface area contributed by atoms with E-state index in [0.717, 1.165) is 36.9 Å². The van der Waals surface area contributed by atoms with Gasteiger partial charge in [0.2, 0.25) is 0 Å². The summed E-state index contributed by atoms with van der Waals surface area (Å²) in [6.45, 7) is 0. The summed E-state index contributed by atoms with van der Waals surface area (Å²) in [5, 5.41) is 0. The number of hydrogen-bond donors (Lipinski definition) is 0. The average molecular weight is 518 g/mol. The topological polar surface area (TPSA) is 56.7 Å². The Morgan fingerprint density at radius 1 is 0.686 bits per heavy atom. The first-order chi connectivity index (χ1) is 17.3. The summed E-state index contributed by atoms with van der Waals surface area (Å²) in [6.07, 6.45) is 5.30. The van der Waals surface area contributed by atoms with Crippen molar-refractivity contribution in [1.29, 1.82) is 0 Å². The van der Waals surface area contributed by atoms with Gasteiger partial charge in [-0.2, -0.15) is 0 Å². The summed E-state index contributed by atoms with van der Waals surface area (Å²) in [5.74, 6) is 0. The van der Waals surface area contributed by atoms with Crippen LogP contribution in [-0.4, -0.2) is 34.2 Å². The Kier molecular flexibility index (Phi) is 5.55. The summed E-state index contributed by atoms with van der Waals surface area (Å²) in [5.41, 5.74) is 6.60. The number of nitrogens with zero attached hydrogens (tertiary/aromatic N) is 4. The predicted octanol–water partition coefficient (Wildman–Crippen LogP) is 4.50. The third-order valence-electron chi connectivity index (χ3n) is 6.40. The van der Waals surface area contributed by atoms with Crippen LogP contribution in [0.1, 0.15) is 16.7 Å². The molecule has 0 spiro atoms. The van der Waals surface area contributed by atoms with Crippen molar-refractivity contribution in [1.82, 2.24) is 19.5 Å². The van der Waals surface area contributed by atoms with E-state index in [1.54, 1.807) is 12.6 Å².